The molecule has 45 heavy (non-hydrogen) atoms. The molecule has 0 spiro atoms. The summed E-state index contributed by atoms with van der Waals surface area (Å²) < 4.78 is 71.4. The minimum Gasteiger partial charge on any atom is -0.495 e. The number of rotatable bonds is 9. The van der Waals surface area contributed by atoms with Crippen LogP contribution >= 0.6 is 0 Å². The number of carbonyl (C=O) groups excluding carboxylic acids is 2. The Labute approximate surface area is 253 Å². The van der Waals surface area contributed by atoms with E-state index in [4.69, 9.17) is 4.74 Å². The molecule has 14 heteroatoms. The lowest BCUT2D eigenvalue weighted by Gasteiger charge is -2.14. The number of anilines is 2. The van der Waals surface area contributed by atoms with Crippen LogP contribution in [0.4, 0.5) is 33.6 Å². The average Bonchev–Trinajstić information content (AvgIpc) is 3.41. The maximum Gasteiger partial charge on any atom is 0.405 e. The third kappa shape index (κ3) is 7.34. The van der Waals surface area contributed by atoms with Gasteiger partial charge in [-0.25, -0.2) is 13.3 Å². The van der Waals surface area contributed by atoms with E-state index >= 15 is 0 Å². The molecule has 9 nitrogen and oxygen atoms in total. The van der Waals surface area contributed by atoms with Gasteiger partial charge in [-0.1, -0.05) is 18.2 Å². The number of nitrogens with zero attached hydrogens (tertiary/aromatic N) is 3. The molecule has 0 aliphatic rings. The highest BCUT2D eigenvalue weighted by Gasteiger charge is 2.28. The minimum atomic E-state index is -4.54. The van der Waals surface area contributed by atoms with E-state index in [1.807, 2.05) is 11.4 Å². The number of methoxy groups -OCH3 is 1. The van der Waals surface area contributed by atoms with Crippen LogP contribution in [0.25, 0.3) is 16.8 Å². The highest BCUT2D eigenvalue weighted by atomic mass is 19.4. The summed E-state index contributed by atoms with van der Waals surface area (Å²) in [5.41, 5.74) is 3.50. The van der Waals surface area contributed by atoms with Gasteiger partial charge < -0.3 is 20.7 Å². The highest BCUT2D eigenvalue weighted by Crippen LogP contribution is 2.32. The van der Waals surface area contributed by atoms with Crippen molar-refractivity contribution in [1.29, 1.82) is 0 Å². The molecule has 5 rings (SSSR count). The maximum atomic E-state index is 13.9. The summed E-state index contributed by atoms with van der Waals surface area (Å²) in [5, 5.41) is 11.9. The number of hydrogen-bond donors (Lipinski definition) is 3. The topological polar surface area (TPSA) is 110 Å². The second kappa shape index (κ2) is 12.6. The molecular weight excluding hydrogens is 599 g/mol. The van der Waals surface area contributed by atoms with Crippen molar-refractivity contribution in [1.82, 2.24) is 25.2 Å². The summed E-state index contributed by atoms with van der Waals surface area (Å²) in [6.07, 6.45) is -2.81. The van der Waals surface area contributed by atoms with E-state index in [-0.39, 0.29) is 29.4 Å². The van der Waals surface area contributed by atoms with Crippen LogP contribution in [-0.4, -0.2) is 46.2 Å². The second-order valence-corrected chi connectivity index (χ2v) is 9.94. The first kappa shape index (κ1) is 30.9. The number of pyridine rings is 1. The van der Waals surface area contributed by atoms with Crippen molar-refractivity contribution in [3.63, 3.8) is 0 Å². The van der Waals surface area contributed by atoms with Crippen molar-refractivity contribution >= 4 is 29.1 Å². The summed E-state index contributed by atoms with van der Waals surface area (Å²) in [6.45, 7) is 0.101. The van der Waals surface area contributed by atoms with Gasteiger partial charge in [0.05, 0.1) is 12.8 Å². The number of alkyl halides is 3. The van der Waals surface area contributed by atoms with E-state index in [2.05, 4.69) is 20.7 Å². The van der Waals surface area contributed by atoms with Crippen LogP contribution in [0, 0.1) is 18.6 Å². The van der Waals surface area contributed by atoms with Crippen molar-refractivity contribution in [2.24, 2.45) is 0 Å². The molecule has 0 aliphatic heterocycles. The van der Waals surface area contributed by atoms with Crippen LogP contribution in [0.15, 0.2) is 72.9 Å². The molecule has 0 bridgehead atoms. The predicted molar refractivity (Wildman–Crippen MR) is 155 cm³/mol. The molecule has 2 heterocycles. The molecule has 0 fully saturated rings. The maximum absolute atomic E-state index is 13.9. The van der Waals surface area contributed by atoms with E-state index in [1.54, 1.807) is 43.5 Å². The Morgan fingerprint density at radius 2 is 1.60 bits per heavy atom. The summed E-state index contributed by atoms with van der Waals surface area (Å²) in [6, 6.07) is 16.2. The largest absolute Gasteiger partial charge is 0.495 e. The summed E-state index contributed by atoms with van der Waals surface area (Å²) >= 11 is 0. The van der Waals surface area contributed by atoms with Crippen molar-refractivity contribution < 1.29 is 36.3 Å². The quantitative estimate of drug-likeness (QED) is 0.175. The number of aromatic nitrogens is 3. The standard InChI is InChI=1S/C31H25F5N6O3/c1-17-11-22(29(44)38-16-31(34,35)36)12-25(45-2)27(17)40-30-39-26-10-8-21(15-42(26)41-30)18-3-5-19(6-4-18)28(43)37-14-20-7-9-23(32)13-24(20)33/h3-13,15H,14,16H2,1-2H3,(H,37,43)(H,38,44)(H,40,41). The van der Waals surface area contributed by atoms with Crippen molar-refractivity contribution in [2.75, 3.05) is 19.0 Å². The van der Waals surface area contributed by atoms with Gasteiger partial charge in [-0.2, -0.15) is 18.2 Å². The summed E-state index contributed by atoms with van der Waals surface area (Å²) in [7, 11) is 1.36. The predicted octanol–water partition coefficient (Wildman–Crippen LogP) is 5.96. The van der Waals surface area contributed by atoms with E-state index in [0.29, 0.717) is 22.5 Å². The monoisotopic (exact) mass is 624 g/mol. The number of amides is 2. The third-order valence-corrected chi connectivity index (χ3v) is 6.73. The number of ether oxygens (including phenoxy) is 1. The Morgan fingerprint density at radius 3 is 2.29 bits per heavy atom. The zero-order chi connectivity index (χ0) is 32.3. The third-order valence-electron chi connectivity index (χ3n) is 6.73. The number of carbonyl (C=O) groups is 2. The fourth-order valence-corrected chi connectivity index (χ4v) is 4.46. The Kier molecular flexibility index (Phi) is 8.66. The Bertz CT molecular complexity index is 1890. The first-order valence-corrected chi connectivity index (χ1v) is 13.4. The van der Waals surface area contributed by atoms with Gasteiger partial charge in [0.25, 0.3) is 11.8 Å². The van der Waals surface area contributed by atoms with Crippen LogP contribution in [0.3, 0.4) is 0 Å². The zero-order valence-corrected chi connectivity index (χ0v) is 23.8. The molecule has 232 valence electrons. The average molecular weight is 625 g/mol. The van der Waals surface area contributed by atoms with E-state index in [9.17, 15) is 31.5 Å². The number of benzene rings is 3. The molecule has 0 saturated carbocycles. The van der Waals surface area contributed by atoms with Gasteiger partial charge in [-0.05, 0) is 60.5 Å². The molecule has 0 radical (unpaired) electrons. The Hall–Kier alpha value is -5.53. The molecule has 0 aliphatic carbocycles. The first-order valence-electron chi connectivity index (χ1n) is 13.4. The molecule has 2 aromatic heterocycles. The van der Waals surface area contributed by atoms with E-state index in [0.717, 1.165) is 23.3 Å². The summed E-state index contributed by atoms with van der Waals surface area (Å²) in [4.78, 5) is 29.2. The zero-order valence-electron chi connectivity index (χ0n) is 23.8. The number of fused-ring (bicyclic) bond motifs is 1. The van der Waals surface area contributed by atoms with E-state index < -0.39 is 36.2 Å². The van der Waals surface area contributed by atoms with Gasteiger partial charge in [-0.15, -0.1) is 5.10 Å². The van der Waals surface area contributed by atoms with Crippen molar-refractivity contribution in [2.45, 2.75) is 19.6 Å². The lowest BCUT2D eigenvalue weighted by atomic mass is 10.1. The minimum absolute atomic E-state index is 0.00275. The van der Waals surface area contributed by atoms with Crippen LogP contribution < -0.4 is 20.7 Å². The van der Waals surface area contributed by atoms with E-state index in [1.165, 1.54) is 29.8 Å². The smallest absolute Gasteiger partial charge is 0.405 e. The summed E-state index contributed by atoms with van der Waals surface area (Å²) in [5.74, 6) is -2.35. The van der Waals surface area contributed by atoms with Gasteiger partial charge in [0.1, 0.15) is 23.9 Å². The number of nitrogens with one attached hydrogen (secondary N) is 3. The second-order valence-electron chi connectivity index (χ2n) is 9.94. The Balaban J connectivity index is 1.28. The molecule has 0 atom stereocenters. The van der Waals surface area contributed by atoms with Crippen LogP contribution in [0.5, 0.6) is 5.75 Å². The first-order chi connectivity index (χ1) is 21.4. The van der Waals surface area contributed by atoms with Gasteiger partial charge >= 0.3 is 6.18 Å². The lowest BCUT2D eigenvalue weighted by molar-refractivity contribution is -0.123. The highest BCUT2D eigenvalue weighted by molar-refractivity contribution is 5.96. The number of aryl methyl sites for hydroxylation is 1. The van der Waals surface area contributed by atoms with Crippen molar-refractivity contribution in [3.8, 4) is 16.9 Å². The fraction of sp³-hybridized carbons (Fsp3) is 0.161. The molecule has 3 aromatic carbocycles. The van der Waals surface area contributed by atoms with Gasteiger partial charge in [0.2, 0.25) is 5.95 Å². The number of hydrogen-bond acceptors (Lipinski definition) is 6. The fourth-order valence-electron chi connectivity index (χ4n) is 4.46. The van der Waals surface area contributed by atoms with Gasteiger partial charge in [0, 0.05) is 41.1 Å². The molecule has 2 amide bonds. The molecule has 5 aromatic rings. The lowest BCUT2D eigenvalue weighted by Crippen LogP contribution is -2.33. The van der Waals surface area contributed by atoms with Crippen LogP contribution in [-0.2, 0) is 6.54 Å². The van der Waals surface area contributed by atoms with Crippen LogP contribution in [0.2, 0.25) is 0 Å². The van der Waals surface area contributed by atoms with Gasteiger partial charge in [0.15, 0.2) is 5.65 Å². The normalized spacial score (nSPS) is 11.4. The Morgan fingerprint density at radius 1 is 0.889 bits per heavy atom. The molecule has 3 N–H and O–H groups in total. The SMILES string of the molecule is COc1cc(C(=O)NCC(F)(F)F)cc(C)c1Nc1nc2ccc(-c3ccc(C(=O)NCc4ccc(F)cc4F)cc3)cn2n1. The molecule has 0 unspecified atom stereocenters. The van der Waals surface area contributed by atoms with Crippen LogP contribution in [0.1, 0.15) is 31.8 Å². The molecular formula is C31H25F5N6O3. The molecule has 0 saturated heterocycles. The van der Waals surface area contributed by atoms with Gasteiger partial charge in [-0.3, -0.25) is 9.59 Å². The van der Waals surface area contributed by atoms with Crippen molar-refractivity contribution in [3.05, 3.63) is 107 Å². The number of halogens is 5.